The van der Waals surface area contributed by atoms with Gasteiger partial charge in [-0.3, -0.25) is 14.7 Å². The van der Waals surface area contributed by atoms with Crippen LogP contribution in [0.4, 0.5) is 0 Å². The van der Waals surface area contributed by atoms with Crippen molar-refractivity contribution in [1.82, 2.24) is 14.5 Å². The first-order valence-corrected chi connectivity index (χ1v) is 9.33. The number of fused-ring (bicyclic) bond motifs is 1. The van der Waals surface area contributed by atoms with Crippen LogP contribution in [0.15, 0.2) is 42.6 Å². The molecule has 1 aromatic carbocycles. The van der Waals surface area contributed by atoms with E-state index in [-0.39, 0.29) is 12.5 Å². The van der Waals surface area contributed by atoms with Crippen molar-refractivity contribution in [3.05, 3.63) is 65.1 Å². The zero-order chi connectivity index (χ0) is 19.6. The van der Waals surface area contributed by atoms with E-state index in [0.29, 0.717) is 6.04 Å². The number of hydrogen-bond donors (Lipinski definition) is 1. The molecule has 0 aliphatic rings. The van der Waals surface area contributed by atoms with Crippen LogP contribution in [0.3, 0.4) is 0 Å². The Balaban J connectivity index is 1.85. The molecule has 2 heterocycles. The molecule has 2 N–H and O–H groups in total. The van der Waals surface area contributed by atoms with E-state index in [4.69, 9.17) is 5.73 Å². The molecular formula is C22H28N4O. The quantitative estimate of drug-likeness (QED) is 0.700. The maximum atomic E-state index is 11.5. The molecular weight excluding hydrogens is 336 g/mol. The van der Waals surface area contributed by atoms with Gasteiger partial charge in [0.25, 0.3) is 0 Å². The molecule has 1 atom stereocenters. The second kappa shape index (κ2) is 7.92. The highest BCUT2D eigenvalue weighted by molar-refractivity contribution is 5.87. The van der Waals surface area contributed by atoms with Gasteiger partial charge < -0.3 is 10.3 Å². The molecule has 1 amide bonds. The first-order chi connectivity index (χ1) is 12.9. The fourth-order valence-electron chi connectivity index (χ4n) is 3.64. The van der Waals surface area contributed by atoms with Gasteiger partial charge in [0.1, 0.15) is 6.54 Å². The van der Waals surface area contributed by atoms with Crippen LogP contribution in [0.1, 0.15) is 29.4 Å². The normalized spacial score (nSPS) is 12.6. The maximum absolute atomic E-state index is 11.5. The number of rotatable bonds is 7. The van der Waals surface area contributed by atoms with E-state index in [1.165, 1.54) is 16.5 Å². The number of benzene rings is 1. The maximum Gasteiger partial charge on any atom is 0.237 e. The third-order valence-electron chi connectivity index (χ3n) is 5.31. The van der Waals surface area contributed by atoms with Crippen LogP contribution in [0.5, 0.6) is 0 Å². The Morgan fingerprint density at radius 2 is 2.00 bits per heavy atom. The van der Waals surface area contributed by atoms with Gasteiger partial charge in [0, 0.05) is 47.5 Å². The number of nitrogens with zero attached hydrogens (tertiary/aromatic N) is 3. The largest absolute Gasteiger partial charge is 0.368 e. The Labute approximate surface area is 160 Å². The minimum absolute atomic E-state index is 0.207. The van der Waals surface area contributed by atoms with Gasteiger partial charge in [0.2, 0.25) is 5.91 Å². The van der Waals surface area contributed by atoms with E-state index in [1.807, 2.05) is 29.0 Å². The third kappa shape index (κ3) is 4.19. The van der Waals surface area contributed by atoms with Gasteiger partial charge in [-0.25, -0.2) is 0 Å². The van der Waals surface area contributed by atoms with Gasteiger partial charge in [-0.2, -0.15) is 0 Å². The molecule has 0 radical (unpaired) electrons. The minimum atomic E-state index is -0.322. The lowest BCUT2D eigenvalue weighted by molar-refractivity contribution is -0.118. The summed E-state index contributed by atoms with van der Waals surface area (Å²) >= 11 is 0. The fourth-order valence-corrected chi connectivity index (χ4v) is 3.64. The molecule has 3 aromatic rings. The van der Waals surface area contributed by atoms with Crippen LogP contribution in [0, 0.1) is 13.8 Å². The highest BCUT2D eigenvalue weighted by Crippen LogP contribution is 2.27. The number of pyridine rings is 1. The van der Waals surface area contributed by atoms with Crippen molar-refractivity contribution >= 4 is 16.8 Å². The number of carbonyl (C=O) groups is 1. The molecule has 0 spiro atoms. The van der Waals surface area contributed by atoms with Gasteiger partial charge in [-0.05, 0) is 57.1 Å². The molecule has 27 heavy (non-hydrogen) atoms. The van der Waals surface area contributed by atoms with Crippen molar-refractivity contribution in [2.45, 2.75) is 46.3 Å². The van der Waals surface area contributed by atoms with Crippen LogP contribution < -0.4 is 5.73 Å². The first-order valence-electron chi connectivity index (χ1n) is 9.33. The summed E-state index contributed by atoms with van der Waals surface area (Å²) in [5.74, 6) is -0.322. The zero-order valence-corrected chi connectivity index (χ0v) is 16.6. The van der Waals surface area contributed by atoms with E-state index < -0.39 is 0 Å². The summed E-state index contributed by atoms with van der Waals surface area (Å²) in [6.07, 6.45) is 2.77. The second-order valence-corrected chi connectivity index (χ2v) is 7.43. The summed E-state index contributed by atoms with van der Waals surface area (Å²) in [7, 11) is 2.14. The average Bonchev–Trinajstić information content (AvgIpc) is 2.87. The third-order valence-corrected chi connectivity index (χ3v) is 5.31. The molecule has 2 aromatic heterocycles. The van der Waals surface area contributed by atoms with Gasteiger partial charge in [0.15, 0.2) is 0 Å². The molecule has 0 fully saturated rings. The average molecular weight is 364 g/mol. The minimum Gasteiger partial charge on any atom is -0.368 e. The van der Waals surface area contributed by atoms with Crippen LogP contribution in [0.25, 0.3) is 10.9 Å². The van der Waals surface area contributed by atoms with Crippen molar-refractivity contribution in [2.24, 2.45) is 5.73 Å². The number of primary amides is 1. The number of aromatic nitrogens is 2. The topological polar surface area (TPSA) is 64.2 Å². The lowest BCUT2D eigenvalue weighted by atomic mass is 10.1. The number of para-hydroxylation sites is 1. The molecule has 142 valence electrons. The van der Waals surface area contributed by atoms with Crippen molar-refractivity contribution in [3.8, 4) is 0 Å². The van der Waals surface area contributed by atoms with Crippen molar-refractivity contribution < 1.29 is 4.79 Å². The standard InChI is InChI=1S/C22H28N4O/c1-15-9-10-24-18(11-15)12-16(2)25(4)13-20-17(3)26(14-22(23)27)21-8-6-5-7-19(20)21/h5-11,16H,12-14H2,1-4H3,(H2,23,27). The summed E-state index contributed by atoms with van der Waals surface area (Å²) in [6.45, 7) is 7.40. The molecule has 0 saturated heterocycles. The first kappa shape index (κ1) is 19.1. The Morgan fingerprint density at radius 3 is 2.70 bits per heavy atom. The number of amides is 1. The second-order valence-electron chi connectivity index (χ2n) is 7.43. The molecule has 5 nitrogen and oxygen atoms in total. The highest BCUT2D eigenvalue weighted by Gasteiger charge is 2.18. The van der Waals surface area contributed by atoms with Crippen LogP contribution >= 0.6 is 0 Å². The molecule has 3 rings (SSSR count). The fraction of sp³-hybridized carbons (Fsp3) is 0.364. The summed E-state index contributed by atoms with van der Waals surface area (Å²) < 4.78 is 2.02. The van der Waals surface area contributed by atoms with Gasteiger partial charge in [-0.15, -0.1) is 0 Å². The molecule has 1 unspecified atom stereocenters. The molecule has 5 heteroatoms. The zero-order valence-electron chi connectivity index (χ0n) is 16.6. The number of aryl methyl sites for hydroxylation is 1. The summed E-state index contributed by atoms with van der Waals surface area (Å²) in [5.41, 5.74) is 11.2. The lowest BCUT2D eigenvalue weighted by Crippen LogP contribution is -2.31. The molecule has 0 bridgehead atoms. The number of hydrogen-bond acceptors (Lipinski definition) is 3. The van der Waals surface area contributed by atoms with Crippen molar-refractivity contribution in [2.75, 3.05) is 7.05 Å². The molecule has 0 saturated carbocycles. The summed E-state index contributed by atoms with van der Waals surface area (Å²) in [6, 6.07) is 12.7. The van der Waals surface area contributed by atoms with Crippen LogP contribution in [-0.2, 0) is 24.3 Å². The SMILES string of the molecule is Cc1ccnc(CC(C)N(C)Cc2c(C)n(CC(N)=O)c3ccccc23)c1. The van der Waals surface area contributed by atoms with Crippen LogP contribution in [0.2, 0.25) is 0 Å². The Morgan fingerprint density at radius 1 is 1.26 bits per heavy atom. The van der Waals surface area contributed by atoms with Gasteiger partial charge >= 0.3 is 0 Å². The molecule has 0 aliphatic heterocycles. The Hall–Kier alpha value is -2.66. The van der Waals surface area contributed by atoms with E-state index >= 15 is 0 Å². The molecule has 0 aliphatic carbocycles. The highest BCUT2D eigenvalue weighted by atomic mass is 16.1. The van der Waals surface area contributed by atoms with Gasteiger partial charge in [-0.1, -0.05) is 18.2 Å². The smallest absolute Gasteiger partial charge is 0.237 e. The summed E-state index contributed by atoms with van der Waals surface area (Å²) in [4.78, 5) is 18.4. The monoisotopic (exact) mass is 364 g/mol. The van der Waals surface area contributed by atoms with E-state index in [9.17, 15) is 4.79 Å². The number of nitrogens with two attached hydrogens (primary N) is 1. The van der Waals surface area contributed by atoms with Crippen molar-refractivity contribution in [1.29, 1.82) is 0 Å². The van der Waals surface area contributed by atoms with Crippen LogP contribution in [-0.4, -0.2) is 33.4 Å². The predicted octanol–water partition coefficient (Wildman–Crippen LogP) is 3.20. The lowest BCUT2D eigenvalue weighted by Gasteiger charge is -2.25. The Bertz CT molecular complexity index is 960. The number of likely N-dealkylation sites (N-methyl/N-ethyl adjacent to an activating group) is 1. The van der Waals surface area contributed by atoms with Gasteiger partial charge in [0.05, 0.1) is 0 Å². The van der Waals surface area contributed by atoms with Crippen molar-refractivity contribution in [3.63, 3.8) is 0 Å². The summed E-state index contributed by atoms with van der Waals surface area (Å²) in [5, 5.41) is 1.18. The van der Waals surface area contributed by atoms with E-state index in [0.717, 1.165) is 29.9 Å². The van der Waals surface area contributed by atoms with E-state index in [2.05, 4.69) is 55.9 Å². The predicted molar refractivity (Wildman–Crippen MR) is 109 cm³/mol. The van der Waals surface area contributed by atoms with E-state index in [1.54, 1.807) is 0 Å². The Kier molecular flexibility index (Phi) is 5.61. The number of carbonyl (C=O) groups excluding carboxylic acids is 1.